The Morgan fingerprint density at radius 2 is 2.08 bits per heavy atom. The summed E-state index contributed by atoms with van der Waals surface area (Å²) in [7, 11) is 0. The summed E-state index contributed by atoms with van der Waals surface area (Å²) >= 11 is 5.79. The Balaban J connectivity index is 2.96. The summed E-state index contributed by atoms with van der Waals surface area (Å²) in [6.07, 6.45) is -0.689. The van der Waals surface area contributed by atoms with Gasteiger partial charge in [-0.25, -0.2) is 0 Å². The summed E-state index contributed by atoms with van der Waals surface area (Å²) in [5.41, 5.74) is 5.87. The second-order valence-electron chi connectivity index (χ2n) is 3.78. The highest BCUT2D eigenvalue weighted by Crippen LogP contribution is 2.24. The van der Waals surface area contributed by atoms with Crippen LogP contribution in [-0.2, 0) is 0 Å². The summed E-state index contributed by atoms with van der Waals surface area (Å²) < 4.78 is 0. The molecule has 0 bridgehead atoms. The molecule has 0 spiro atoms. The van der Waals surface area contributed by atoms with Crippen LogP contribution in [0.1, 0.15) is 25.5 Å². The minimum atomic E-state index is -0.689. The molecule has 0 radical (unpaired) electrons. The number of halogens is 1. The first-order valence-electron chi connectivity index (χ1n) is 4.13. The molecule has 1 rings (SSSR count). The van der Waals surface area contributed by atoms with Crippen molar-refractivity contribution in [2.75, 3.05) is 0 Å². The highest BCUT2D eigenvalue weighted by Gasteiger charge is 2.24. The minimum Gasteiger partial charge on any atom is -0.387 e. The Morgan fingerprint density at radius 3 is 2.54 bits per heavy atom. The van der Waals surface area contributed by atoms with Crippen LogP contribution < -0.4 is 5.73 Å². The van der Waals surface area contributed by atoms with E-state index >= 15 is 0 Å². The smallest absolute Gasteiger partial charge is 0.0964 e. The molecule has 1 aromatic carbocycles. The quantitative estimate of drug-likeness (QED) is 0.767. The second kappa shape index (κ2) is 3.66. The SMILES string of the molecule is CC(C)(N)[C@@H](O)c1cccc(Cl)c1. The van der Waals surface area contributed by atoms with Crippen molar-refractivity contribution in [1.29, 1.82) is 0 Å². The first-order valence-corrected chi connectivity index (χ1v) is 4.51. The van der Waals surface area contributed by atoms with E-state index in [0.29, 0.717) is 5.02 Å². The van der Waals surface area contributed by atoms with Crippen LogP contribution in [0.15, 0.2) is 24.3 Å². The van der Waals surface area contributed by atoms with Crippen molar-refractivity contribution in [2.24, 2.45) is 5.73 Å². The predicted octanol–water partition coefficient (Wildman–Crippen LogP) is 2.11. The van der Waals surface area contributed by atoms with Crippen LogP contribution in [0.3, 0.4) is 0 Å². The van der Waals surface area contributed by atoms with Crippen LogP contribution in [0.4, 0.5) is 0 Å². The van der Waals surface area contributed by atoms with Gasteiger partial charge < -0.3 is 10.8 Å². The van der Waals surface area contributed by atoms with Crippen LogP contribution in [0.5, 0.6) is 0 Å². The van der Waals surface area contributed by atoms with E-state index in [1.54, 1.807) is 32.0 Å². The van der Waals surface area contributed by atoms with Gasteiger partial charge in [0, 0.05) is 10.6 Å². The Morgan fingerprint density at radius 1 is 1.46 bits per heavy atom. The molecule has 0 heterocycles. The Kier molecular flexibility index (Phi) is 2.96. The number of aliphatic hydroxyl groups excluding tert-OH is 1. The van der Waals surface area contributed by atoms with Gasteiger partial charge in [-0.2, -0.15) is 0 Å². The summed E-state index contributed by atoms with van der Waals surface area (Å²) in [4.78, 5) is 0. The van der Waals surface area contributed by atoms with Crippen molar-refractivity contribution in [2.45, 2.75) is 25.5 Å². The molecular weight excluding hydrogens is 186 g/mol. The summed E-state index contributed by atoms with van der Waals surface area (Å²) in [5, 5.41) is 10.4. The number of aliphatic hydroxyl groups is 1. The zero-order chi connectivity index (χ0) is 10.1. The number of benzene rings is 1. The molecule has 0 aliphatic heterocycles. The molecule has 72 valence electrons. The molecule has 0 aliphatic rings. The van der Waals surface area contributed by atoms with Crippen LogP contribution in [0.2, 0.25) is 5.02 Å². The molecule has 0 fully saturated rings. The predicted molar refractivity (Wildman–Crippen MR) is 54.7 cm³/mol. The van der Waals surface area contributed by atoms with Crippen molar-refractivity contribution in [1.82, 2.24) is 0 Å². The molecule has 0 aliphatic carbocycles. The van der Waals surface area contributed by atoms with Gasteiger partial charge in [-0.3, -0.25) is 0 Å². The van der Waals surface area contributed by atoms with E-state index in [9.17, 15) is 5.11 Å². The molecular formula is C10H14ClNO. The van der Waals surface area contributed by atoms with E-state index in [-0.39, 0.29) is 0 Å². The van der Waals surface area contributed by atoms with Crippen molar-refractivity contribution >= 4 is 11.6 Å². The number of hydrogen-bond donors (Lipinski definition) is 2. The highest BCUT2D eigenvalue weighted by atomic mass is 35.5. The maximum Gasteiger partial charge on any atom is 0.0964 e. The standard InChI is InChI=1S/C10H14ClNO/c1-10(2,12)9(13)7-4-3-5-8(11)6-7/h3-6,9,13H,12H2,1-2H3/t9-/m0/s1. The summed E-state index contributed by atoms with van der Waals surface area (Å²) in [6.45, 7) is 3.55. The summed E-state index contributed by atoms with van der Waals surface area (Å²) in [6, 6.07) is 7.10. The van der Waals surface area contributed by atoms with Crippen LogP contribution in [0, 0.1) is 0 Å². The molecule has 3 N–H and O–H groups in total. The third kappa shape index (κ3) is 2.69. The van der Waals surface area contributed by atoms with E-state index in [0.717, 1.165) is 5.56 Å². The molecule has 0 amide bonds. The van der Waals surface area contributed by atoms with Crippen molar-refractivity contribution < 1.29 is 5.11 Å². The second-order valence-corrected chi connectivity index (χ2v) is 4.22. The topological polar surface area (TPSA) is 46.2 Å². The molecule has 1 atom stereocenters. The van der Waals surface area contributed by atoms with Gasteiger partial charge in [0.05, 0.1) is 6.10 Å². The molecule has 0 saturated heterocycles. The minimum absolute atomic E-state index is 0.612. The molecule has 0 unspecified atom stereocenters. The lowest BCUT2D eigenvalue weighted by Gasteiger charge is -2.26. The van der Waals surface area contributed by atoms with Gasteiger partial charge in [0.1, 0.15) is 0 Å². The number of nitrogens with two attached hydrogens (primary N) is 1. The van der Waals surface area contributed by atoms with Crippen molar-refractivity contribution in [3.8, 4) is 0 Å². The normalized spacial score (nSPS) is 14.2. The largest absolute Gasteiger partial charge is 0.387 e. The van der Waals surface area contributed by atoms with Crippen molar-refractivity contribution in [3.63, 3.8) is 0 Å². The van der Waals surface area contributed by atoms with Gasteiger partial charge in [0.25, 0.3) is 0 Å². The first-order chi connectivity index (χ1) is 5.91. The van der Waals surface area contributed by atoms with E-state index in [2.05, 4.69) is 0 Å². The Hall–Kier alpha value is -0.570. The third-order valence-electron chi connectivity index (χ3n) is 1.87. The molecule has 13 heavy (non-hydrogen) atoms. The molecule has 0 saturated carbocycles. The highest BCUT2D eigenvalue weighted by molar-refractivity contribution is 6.30. The lowest BCUT2D eigenvalue weighted by atomic mass is 9.93. The maximum absolute atomic E-state index is 9.80. The van der Waals surface area contributed by atoms with Crippen LogP contribution >= 0.6 is 11.6 Å². The Bertz CT molecular complexity index is 293. The molecule has 1 aromatic rings. The zero-order valence-electron chi connectivity index (χ0n) is 7.79. The number of rotatable bonds is 2. The number of hydrogen-bond acceptors (Lipinski definition) is 2. The van der Waals surface area contributed by atoms with Gasteiger partial charge in [-0.1, -0.05) is 23.7 Å². The van der Waals surface area contributed by atoms with E-state index in [1.807, 2.05) is 6.07 Å². The van der Waals surface area contributed by atoms with Gasteiger partial charge in [-0.15, -0.1) is 0 Å². The fourth-order valence-electron chi connectivity index (χ4n) is 1.11. The lowest BCUT2D eigenvalue weighted by molar-refractivity contribution is 0.105. The summed E-state index contributed by atoms with van der Waals surface area (Å²) in [5.74, 6) is 0. The van der Waals surface area contributed by atoms with Gasteiger partial charge in [0.2, 0.25) is 0 Å². The van der Waals surface area contributed by atoms with E-state index < -0.39 is 11.6 Å². The monoisotopic (exact) mass is 199 g/mol. The fraction of sp³-hybridized carbons (Fsp3) is 0.400. The average molecular weight is 200 g/mol. The molecule has 3 heteroatoms. The average Bonchev–Trinajstić information content (AvgIpc) is 2.01. The lowest BCUT2D eigenvalue weighted by Crippen LogP contribution is -2.39. The molecule has 0 aromatic heterocycles. The van der Waals surface area contributed by atoms with Crippen LogP contribution in [0.25, 0.3) is 0 Å². The molecule has 2 nitrogen and oxygen atoms in total. The van der Waals surface area contributed by atoms with Gasteiger partial charge in [-0.05, 0) is 31.5 Å². The van der Waals surface area contributed by atoms with Crippen LogP contribution in [-0.4, -0.2) is 10.6 Å². The van der Waals surface area contributed by atoms with Gasteiger partial charge >= 0.3 is 0 Å². The van der Waals surface area contributed by atoms with Crippen molar-refractivity contribution in [3.05, 3.63) is 34.9 Å². The Labute approximate surface area is 83.3 Å². The fourth-order valence-corrected chi connectivity index (χ4v) is 1.30. The first kappa shape index (κ1) is 10.5. The zero-order valence-corrected chi connectivity index (χ0v) is 8.55. The third-order valence-corrected chi connectivity index (χ3v) is 2.10. The maximum atomic E-state index is 9.80. The van der Waals surface area contributed by atoms with E-state index in [1.165, 1.54) is 0 Å². The van der Waals surface area contributed by atoms with E-state index in [4.69, 9.17) is 17.3 Å². The van der Waals surface area contributed by atoms with Gasteiger partial charge in [0.15, 0.2) is 0 Å².